The molecule has 5 nitrogen and oxygen atoms in total. The van der Waals surface area contributed by atoms with Crippen molar-refractivity contribution in [1.29, 1.82) is 0 Å². The lowest BCUT2D eigenvalue weighted by molar-refractivity contribution is -0.137. The van der Waals surface area contributed by atoms with Gasteiger partial charge < -0.3 is 14.6 Å². The topological polar surface area (TPSA) is 58.4 Å². The van der Waals surface area contributed by atoms with Crippen LogP contribution < -0.4 is 5.32 Å². The normalized spacial score (nSPS) is 16.8. The van der Waals surface area contributed by atoms with Crippen LogP contribution in [0.1, 0.15) is 50.1 Å². The first-order valence-electron chi connectivity index (χ1n) is 10.5. The summed E-state index contributed by atoms with van der Waals surface area (Å²) in [6.45, 7) is 3.30. The molecular weight excluding hydrogens is 407 g/mol. The van der Waals surface area contributed by atoms with Gasteiger partial charge in [0.1, 0.15) is 11.6 Å². The highest BCUT2D eigenvalue weighted by Gasteiger charge is 2.35. The molecule has 164 valence electrons. The lowest BCUT2D eigenvalue weighted by Gasteiger charge is -2.22. The Balaban J connectivity index is 1.62. The zero-order chi connectivity index (χ0) is 22.0. The molecule has 3 aromatic rings. The average Bonchev–Trinajstić information content (AvgIpc) is 3.39. The number of fused-ring (bicyclic) bond motifs is 1. The van der Waals surface area contributed by atoms with Gasteiger partial charge >= 0.3 is 12.2 Å². The Morgan fingerprint density at radius 3 is 2.84 bits per heavy atom. The van der Waals surface area contributed by atoms with Gasteiger partial charge in [0.15, 0.2) is 5.58 Å². The Labute approximate surface area is 178 Å². The number of likely N-dealkylation sites (tertiary alicyclic amines) is 1. The molecule has 1 unspecified atom stereocenters. The molecule has 0 bridgehead atoms. The molecule has 8 heteroatoms. The summed E-state index contributed by atoms with van der Waals surface area (Å²) < 4.78 is 46.1. The number of unbranched alkanes of at least 4 members (excludes halogenated alkanes) is 1. The molecule has 1 atom stereocenters. The van der Waals surface area contributed by atoms with Crippen LogP contribution in [-0.2, 0) is 6.18 Å². The number of oxazole rings is 1. The van der Waals surface area contributed by atoms with E-state index in [-0.39, 0.29) is 17.6 Å². The minimum Gasteiger partial charge on any atom is -0.438 e. The molecule has 1 aromatic heterocycles. The van der Waals surface area contributed by atoms with E-state index in [0.717, 1.165) is 31.7 Å². The number of alkyl halides is 3. The monoisotopic (exact) mass is 431 g/mol. The SMILES string of the molecule is CCCCNC(=O)N1CCCC1c1nc2cc(-c3ccccc3C(F)(F)F)ccc2o1. The second kappa shape index (κ2) is 8.61. The Bertz CT molecular complexity index is 1080. The van der Waals surface area contributed by atoms with Gasteiger partial charge in [-0.15, -0.1) is 0 Å². The van der Waals surface area contributed by atoms with E-state index in [1.54, 1.807) is 29.2 Å². The predicted octanol–water partition coefficient (Wildman–Crippen LogP) is 6.16. The van der Waals surface area contributed by atoms with Crippen LogP contribution in [-0.4, -0.2) is 29.0 Å². The number of hydrogen-bond acceptors (Lipinski definition) is 3. The second-order valence-corrected chi connectivity index (χ2v) is 7.71. The molecule has 0 spiro atoms. The Morgan fingerprint density at radius 1 is 1.26 bits per heavy atom. The van der Waals surface area contributed by atoms with Crippen molar-refractivity contribution >= 4 is 17.1 Å². The number of carbonyl (C=O) groups is 1. The highest BCUT2D eigenvalue weighted by molar-refractivity contribution is 5.82. The van der Waals surface area contributed by atoms with E-state index in [2.05, 4.69) is 17.2 Å². The fourth-order valence-electron chi connectivity index (χ4n) is 3.98. The lowest BCUT2D eigenvalue weighted by atomic mass is 9.99. The molecule has 0 radical (unpaired) electrons. The summed E-state index contributed by atoms with van der Waals surface area (Å²) >= 11 is 0. The number of carbonyl (C=O) groups excluding carboxylic acids is 1. The maximum absolute atomic E-state index is 13.4. The van der Waals surface area contributed by atoms with Crippen molar-refractivity contribution in [3.05, 3.63) is 53.9 Å². The van der Waals surface area contributed by atoms with Crippen LogP contribution in [0.4, 0.5) is 18.0 Å². The van der Waals surface area contributed by atoms with Gasteiger partial charge in [-0.2, -0.15) is 13.2 Å². The first-order valence-corrected chi connectivity index (χ1v) is 10.5. The predicted molar refractivity (Wildman–Crippen MR) is 111 cm³/mol. The molecule has 31 heavy (non-hydrogen) atoms. The summed E-state index contributed by atoms with van der Waals surface area (Å²) in [6.07, 6.45) is -0.966. The van der Waals surface area contributed by atoms with Crippen molar-refractivity contribution in [1.82, 2.24) is 15.2 Å². The minimum atomic E-state index is -4.45. The maximum Gasteiger partial charge on any atom is 0.417 e. The van der Waals surface area contributed by atoms with E-state index in [0.29, 0.717) is 35.6 Å². The Morgan fingerprint density at radius 2 is 2.06 bits per heavy atom. The van der Waals surface area contributed by atoms with E-state index in [4.69, 9.17) is 4.42 Å². The number of nitrogens with zero attached hydrogens (tertiary/aromatic N) is 2. The molecule has 4 rings (SSSR count). The largest absolute Gasteiger partial charge is 0.438 e. The van der Waals surface area contributed by atoms with Gasteiger partial charge in [-0.3, -0.25) is 0 Å². The van der Waals surface area contributed by atoms with Gasteiger partial charge in [-0.1, -0.05) is 37.6 Å². The third kappa shape index (κ3) is 4.38. The third-order valence-electron chi connectivity index (χ3n) is 5.55. The maximum atomic E-state index is 13.4. The molecule has 1 saturated heterocycles. The van der Waals surface area contributed by atoms with E-state index >= 15 is 0 Å². The highest BCUT2D eigenvalue weighted by atomic mass is 19.4. The van der Waals surface area contributed by atoms with Crippen LogP contribution in [0.3, 0.4) is 0 Å². The van der Waals surface area contributed by atoms with E-state index < -0.39 is 11.7 Å². The minimum absolute atomic E-state index is 0.0965. The molecule has 0 aliphatic carbocycles. The van der Waals surface area contributed by atoms with Gasteiger partial charge in [-0.25, -0.2) is 9.78 Å². The smallest absolute Gasteiger partial charge is 0.417 e. The summed E-state index contributed by atoms with van der Waals surface area (Å²) in [6, 6.07) is 9.90. The van der Waals surface area contributed by atoms with Crippen molar-refractivity contribution < 1.29 is 22.4 Å². The van der Waals surface area contributed by atoms with Crippen LogP contribution in [0.25, 0.3) is 22.2 Å². The molecule has 2 aromatic carbocycles. The van der Waals surface area contributed by atoms with Gasteiger partial charge in [-0.05, 0) is 48.6 Å². The van der Waals surface area contributed by atoms with Crippen molar-refractivity contribution in [2.75, 3.05) is 13.1 Å². The Hall–Kier alpha value is -3.03. The summed E-state index contributed by atoms with van der Waals surface area (Å²) in [7, 11) is 0. The summed E-state index contributed by atoms with van der Waals surface area (Å²) in [5, 5.41) is 2.92. The van der Waals surface area contributed by atoms with E-state index in [1.165, 1.54) is 12.1 Å². The molecule has 1 aliphatic heterocycles. The number of benzene rings is 2. The van der Waals surface area contributed by atoms with Crippen LogP contribution in [0.5, 0.6) is 0 Å². The highest BCUT2D eigenvalue weighted by Crippen LogP contribution is 2.38. The first kappa shape index (κ1) is 21.2. The van der Waals surface area contributed by atoms with E-state index in [9.17, 15) is 18.0 Å². The van der Waals surface area contributed by atoms with Gasteiger partial charge in [0, 0.05) is 13.1 Å². The number of nitrogens with one attached hydrogen (secondary N) is 1. The molecule has 0 saturated carbocycles. The molecule has 1 N–H and O–H groups in total. The summed E-state index contributed by atoms with van der Waals surface area (Å²) in [5.41, 5.74) is 0.785. The molecule has 1 fully saturated rings. The average molecular weight is 431 g/mol. The number of hydrogen-bond donors (Lipinski definition) is 1. The van der Waals surface area contributed by atoms with Crippen LogP contribution in [0, 0.1) is 0 Å². The van der Waals surface area contributed by atoms with Crippen molar-refractivity contribution in [3.8, 4) is 11.1 Å². The quantitative estimate of drug-likeness (QED) is 0.492. The molecule has 2 heterocycles. The Kier molecular flexibility index (Phi) is 5.89. The number of amides is 2. The summed E-state index contributed by atoms with van der Waals surface area (Å²) in [5.74, 6) is 0.416. The van der Waals surface area contributed by atoms with E-state index in [1.807, 2.05) is 0 Å². The molecular formula is C23H24F3N3O2. The second-order valence-electron chi connectivity index (χ2n) is 7.71. The van der Waals surface area contributed by atoms with Gasteiger partial charge in [0.25, 0.3) is 0 Å². The van der Waals surface area contributed by atoms with Crippen LogP contribution in [0.2, 0.25) is 0 Å². The first-order chi connectivity index (χ1) is 14.9. The fourth-order valence-corrected chi connectivity index (χ4v) is 3.98. The lowest BCUT2D eigenvalue weighted by Crippen LogP contribution is -2.39. The number of halogens is 3. The van der Waals surface area contributed by atoms with Crippen molar-refractivity contribution in [2.24, 2.45) is 0 Å². The molecule has 1 aliphatic rings. The van der Waals surface area contributed by atoms with Gasteiger partial charge in [0.2, 0.25) is 5.89 Å². The fraction of sp³-hybridized carbons (Fsp3) is 0.391. The van der Waals surface area contributed by atoms with Crippen LogP contribution in [0.15, 0.2) is 46.9 Å². The number of urea groups is 1. The van der Waals surface area contributed by atoms with Crippen molar-refractivity contribution in [3.63, 3.8) is 0 Å². The number of aromatic nitrogens is 1. The zero-order valence-corrected chi connectivity index (χ0v) is 17.2. The van der Waals surface area contributed by atoms with Crippen molar-refractivity contribution in [2.45, 2.75) is 44.8 Å². The van der Waals surface area contributed by atoms with Gasteiger partial charge in [0.05, 0.1) is 5.56 Å². The standard InChI is InChI=1S/C23H24F3N3O2/c1-2-3-12-27-22(30)29-13-6-9-19(29)21-28-18-14-15(10-11-20(18)31-21)16-7-4-5-8-17(16)23(24,25)26/h4-5,7-8,10-11,14,19H,2-3,6,9,12-13H2,1H3,(H,27,30). The molecule has 2 amide bonds. The summed E-state index contributed by atoms with van der Waals surface area (Å²) in [4.78, 5) is 18.8. The third-order valence-corrected chi connectivity index (χ3v) is 5.55. The zero-order valence-electron chi connectivity index (χ0n) is 17.2. The van der Waals surface area contributed by atoms with Crippen LogP contribution >= 0.6 is 0 Å². The number of rotatable bonds is 5.